The molecule has 0 atom stereocenters. The molecule has 1 fully saturated rings. The first-order valence-corrected chi connectivity index (χ1v) is 12.0. The van der Waals surface area contributed by atoms with Crippen molar-refractivity contribution < 1.29 is 56.7 Å². The van der Waals surface area contributed by atoms with Crippen molar-refractivity contribution in [3.05, 3.63) is 60.5 Å². The molecule has 0 saturated carbocycles. The Balaban J connectivity index is 0.00000336. The zero-order chi connectivity index (χ0) is 26.3. The maximum Gasteiger partial charge on any atom is 0.333 e. The Morgan fingerprint density at radius 1 is 1.00 bits per heavy atom. The van der Waals surface area contributed by atoms with Gasteiger partial charge in [-0.2, -0.15) is 0 Å². The van der Waals surface area contributed by atoms with Gasteiger partial charge in [0.2, 0.25) is 11.8 Å². The summed E-state index contributed by atoms with van der Waals surface area (Å²) in [5, 5.41) is 9.46. The number of aromatic nitrogens is 3. The Bertz CT molecular complexity index is 1410. The molecule has 193 valence electrons. The minimum Gasteiger partial charge on any atom is -0.333 e. The molecular weight excluding hydrogens is 563 g/mol. The van der Waals surface area contributed by atoms with Crippen molar-refractivity contribution in [2.24, 2.45) is 0 Å². The van der Waals surface area contributed by atoms with Crippen molar-refractivity contribution in [1.82, 2.24) is 20.1 Å². The number of carbonyl (C=O) groups excluding carboxylic acids is 4. The molecule has 2 aliphatic heterocycles. The molecule has 3 aromatic rings. The van der Waals surface area contributed by atoms with Crippen LogP contribution in [0, 0.1) is 6.42 Å². The Kier molecular flexibility index (Phi) is 7.85. The van der Waals surface area contributed by atoms with Crippen LogP contribution in [0.1, 0.15) is 45.6 Å². The SMILES string of the molecule is CC(C)(C)n1nnc2c1-c1ccccc1N(C(=O)CCC(=O)ON1C(=O)[CH-]CC1=O)Cc1ccccc1-2.[Y]. The van der Waals surface area contributed by atoms with Crippen LogP contribution in [0.5, 0.6) is 0 Å². The second kappa shape index (κ2) is 10.8. The Labute approximate surface area is 245 Å². The number of rotatable bonds is 4. The number of amides is 3. The summed E-state index contributed by atoms with van der Waals surface area (Å²) in [5.41, 5.74) is 4.40. The molecule has 2 aliphatic rings. The van der Waals surface area contributed by atoms with Gasteiger partial charge in [-0.1, -0.05) is 54.1 Å². The molecular formula is C27H26N5O5Y-. The molecule has 0 bridgehead atoms. The first-order valence-electron chi connectivity index (χ1n) is 12.0. The first-order chi connectivity index (χ1) is 17.6. The summed E-state index contributed by atoms with van der Waals surface area (Å²) in [4.78, 5) is 55.9. The zero-order valence-electron chi connectivity index (χ0n) is 21.4. The van der Waals surface area contributed by atoms with E-state index in [1.54, 1.807) is 4.90 Å². The molecule has 1 saturated heterocycles. The first kappa shape index (κ1) is 27.7. The third-order valence-corrected chi connectivity index (χ3v) is 6.27. The maximum absolute atomic E-state index is 13.6. The molecule has 3 amide bonds. The number of benzene rings is 2. The molecule has 3 heterocycles. The van der Waals surface area contributed by atoms with E-state index in [0.717, 1.165) is 34.5 Å². The number of hydroxylamine groups is 2. The van der Waals surface area contributed by atoms with Crippen LogP contribution in [0.2, 0.25) is 0 Å². The number of para-hydroxylation sites is 1. The summed E-state index contributed by atoms with van der Waals surface area (Å²) in [6.45, 7) is 6.38. The van der Waals surface area contributed by atoms with Crippen LogP contribution >= 0.6 is 0 Å². The van der Waals surface area contributed by atoms with Gasteiger partial charge in [0.25, 0.3) is 0 Å². The van der Waals surface area contributed by atoms with Gasteiger partial charge in [-0.15, -0.1) is 10.2 Å². The topological polar surface area (TPSA) is 115 Å². The van der Waals surface area contributed by atoms with E-state index in [1.165, 1.54) is 0 Å². The second-order valence-electron chi connectivity index (χ2n) is 9.92. The van der Waals surface area contributed by atoms with Crippen LogP contribution in [-0.2, 0) is 68.8 Å². The summed E-state index contributed by atoms with van der Waals surface area (Å²) in [6.07, 6.45) is 0.569. The molecule has 0 unspecified atom stereocenters. The van der Waals surface area contributed by atoms with Crippen molar-refractivity contribution in [3.63, 3.8) is 0 Å². The Hall–Kier alpha value is -3.37. The molecule has 1 aromatic heterocycles. The monoisotopic (exact) mass is 589 g/mol. The fourth-order valence-electron chi connectivity index (χ4n) is 4.50. The van der Waals surface area contributed by atoms with Crippen LogP contribution in [0.3, 0.4) is 0 Å². The zero-order valence-corrected chi connectivity index (χ0v) is 24.2. The molecule has 5 rings (SSSR count). The van der Waals surface area contributed by atoms with E-state index in [0.29, 0.717) is 10.8 Å². The van der Waals surface area contributed by atoms with Crippen LogP contribution < -0.4 is 4.90 Å². The number of imide groups is 1. The Morgan fingerprint density at radius 3 is 2.37 bits per heavy atom. The van der Waals surface area contributed by atoms with Gasteiger partial charge < -0.3 is 14.5 Å². The predicted molar refractivity (Wildman–Crippen MR) is 133 cm³/mol. The molecule has 2 aromatic carbocycles. The number of nitrogens with zero attached hydrogens (tertiary/aromatic N) is 5. The molecule has 38 heavy (non-hydrogen) atoms. The largest absolute Gasteiger partial charge is 0.333 e. The van der Waals surface area contributed by atoms with Gasteiger partial charge >= 0.3 is 5.97 Å². The van der Waals surface area contributed by atoms with Crippen molar-refractivity contribution >= 4 is 29.4 Å². The summed E-state index contributed by atoms with van der Waals surface area (Å²) < 4.78 is 1.87. The van der Waals surface area contributed by atoms with Crippen molar-refractivity contribution in [1.29, 1.82) is 0 Å². The summed E-state index contributed by atoms with van der Waals surface area (Å²) in [6, 6.07) is 15.3. The molecule has 0 aliphatic carbocycles. The smallest absolute Gasteiger partial charge is 0.333 e. The average molecular weight is 589 g/mol. The number of carbonyl (C=O) groups is 4. The van der Waals surface area contributed by atoms with E-state index in [2.05, 4.69) is 10.3 Å². The van der Waals surface area contributed by atoms with Gasteiger partial charge in [-0.25, -0.2) is 9.48 Å². The van der Waals surface area contributed by atoms with Gasteiger partial charge in [-0.05, 0) is 32.4 Å². The van der Waals surface area contributed by atoms with Gasteiger partial charge in [0, 0.05) is 50.3 Å². The third kappa shape index (κ3) is 5.15. The number of anilines is 1. The minimum atomic E-state index is -0.830. The standard InChI is InChI=1S/C27H26N5O5.Y/c1-27(2,3)32-26-19-10-6-7-11-20(19)30(16-17-8-4-5-9-18(17)25(26)28-29-32)21(33)14-15-24(36)37-31-22(34)12-13-23(31)35;/h4-12H,13-16H2,1-3H3;/q-1;. The molecule has 10 nitrogen and oxygen atoms in total. The van der Waals surface area contributed by atoms with Crippen LogP contribution in [0.4, 0.5) is 5.69 Å². The average Bonchev–Trinajstić information content (AvgIpc) is 3.44. The van der Waals surface area contributed by atoms with Crippen LogP contribution in [0.15, 0.2) is 48.5 Å². The van der Waals surface area contributed by atoms with E-state index >= 15 is 0 Å². The van der Waals surface area contributed by atoms with Crippen molar-refractivity contribution in [3.8, 4) is 22.5 Å². The minimum absolute atomic E-state index is 0. The molecule has 0 N–H and O–H groups in total. The number of hydrogen-bond donors (Lipinski definition) is 0. The van der Waals surface area contributed by atoms with E-state index in [4.69, 9.17) is 4.84 Å². The summed E-state index contributed by atoms with van der Waals surface area (Å²) in [7, 11) is 0. The third-order valence-electron chi connectivity index (χ3n) is 6.27. The molecule has 1 radical (unpaired) electrons. The quantitative estimate of drug-likeness (QED) is 0.339. The fraction of sp³-hybridized carbons (Fsp3) is 0.296. The van der Waals surface area contributed by atoms with Gasteiger partial charge in [0.05, 0.1) is 29.9 Å². The van der Waals surface area contributed by atoms with Crippen LogP contribution in [-0.4, -0.2) is 43.7 Å². The Morgan fingerprint density at radius 2 is 1.68 bits per heavy atom. The molecule has 0 spiro atoms. The van der Waals surface area contributed by atoms with Gasteiger partial charge in [-0.3, -0.25) is 16.0 Å². The van der Waals surface area contributed by atoms with Crippen molar-refractivity contribution in [2.75, 3.05) is 4.90 Å². The molecule has 11 heteroatoms. The number of fused-ring (bicyclic) bond motifs is 5. The van der Waals surface area contributed by atoms with Gasteiger partial charge in [0.15, 0.2) is 0 Å². The van der Waals surface area contributed by atoms with Gasteiger partial charge in [0.1, 0.15) is 11.6 Å². The normalized spacial score (nSPS) is 14.4. The summed E-state index contributed by atoms with van der Waals surface area (Å²) >= 11 is 0. The van der Waals surface area contributed by atoms with E-state index < -0.39 is 17.8 Å². The van der Waals surface area contributed by atoms with Crippen LogP contribution in [0.25, 0.3) is 22.5 Å². The maximum atomic E-state index is 13.6. The second-order valence-corrected chi connectivity index (χ2v) is 9.92. The number of hydrogen-bond acceptors (Lipinski definition) is 7. The van der Waals surface area contributed by atoms with Crippen molar-refractivity contribution in [2.45, 2.75) is 52.1 Å². The van der Waals surface area contributed by atoms with E-state index in [-0.39, 0.29) is 70.0 Å². The van der Waals surface area contributed by atoms with E-state index in [1.807, 2.05) is 74.0 Å². The van der Waals surface area contributed by atoms with E-state index in [9.17, 15) is 19.2 Å². The summed E-state index contributed by atoms with van der Waals surface area (Å²) in [5.74, 6) is -2.43. The fourth-order valence-corrected chi connectivity index (χ4v) is 4.50. The predicted octanol–water partition coefficient (Wildman–Crippen LogP) is 3.41.